The van der Waals surface area contributed by atoms with E-state index in [-0.39, 0.29) is 23.1 Å². The fraction of sp³-hybridized carbons (Fsp3) is 0.176. The highest BCUT2D eigenvalue weighted by Crippen LogP contribution is 2.32. The minimum atomic E-state index is -4.41. The van der Waals surface area contributed by atoms with Crippen LogP contribution in [0, 0.1) is 0 Å². The lowest BCUT2D eigenvalue weighted by Crippen LogP contribution is -2.17. The minimum absolute atomic E-state index is 0.00312. The molecule has 3 aromatic rings. The number of nitrogens with zero attached hydrogens (tertiary/aromatic N) is 2. The van der Waals surface area contributed by atoms with E-state index in [0.717, 1.165) is 12.4 Å². The minimum Gasteiger partial charge on any atom is -0.484 e. The average molecular weight is 434 g/mol. The first-order valence-electron chi connectivity index (χ1n) is 7.77. The predicted molar refractivity (Wildman–Crippen MR) is 95.7 cm³/mol. The van der Waals surface area contributed by atoms with Crippen molar-refractivity contribution in [3.05, 3.63) is 64.3 Å². The zero-order chi connectivity index (χ0) is 20.3. The maximum absolute atomic E-state index is 12.3. The van der Waals surface area contributed by atoms with Crippen molar-refractivity contribution in [2.45, 2.75) is 19.3 Å². The van der Waals surface area contributed by atoms with E-state index in [0.29, 0.717) is 21.2 Å². The number of carbonyl (C=O) groups excluding carboxylic acids is 1. The number of carbonyl (C=O) groups is 1. The number of hydrogen-bond donors (Lipinski definition) is 1. The van der Waals surface area contributed by atoms with Crippen LogP contribution in [0.1, 0.15) is 16.3 Å². The first kappa shape index (κ1) is 20.1. The SMILES string of the molecule is O=C(Nc1cnn(CC(F)(F)F)c1)c1ccc(COc2cccc(Cl)c2Cl)o1. The number of anilines is 1. The molecule has 11 heteroatoms. The Morgan fingerprint density at radius 1 is 1.25 bits per heavy atom. The Hall–Kier alpha value is -2.65. The Morgan fingerprint density at radius 3 is 2.79 bits per heavy atom. The molecule has 1 amide bonds. The van der Waals surface area contributed by atoms with Gasteiger partial charge in [-0.1, -0.05) is 29.3 Å². The van der Waals surface area contributed by atoms with Crippen molar-refractivity contribution in [3.8, 4) is 5.75 Å². The summed E-state index contributed by atoms with van der Waals surface area (Å²) in [6.07, 6.45) is -2.23. The third-order valence-electron chi connectivity index (χ3n) is 3.40. The van der Waals surface area contributed by atoms with Gasteiger partial charge in [-0.05, 0) is 24.3 Å². The molecule has 1 aromatic carbocycles. The van der Waals surface area contributed by atoms with Gasteiger partial charge in [0.15, 0.2) is 5.76 Å². The number of hydrogen-bond acceptors (Lipinski definition) is 4. The molecule has 0 radical (unpaired) electrons. The topological polar surface area (TPSA) is 69.3 Å². The molecule has 0 aliphatic rings. The van der Waals surface area contributed by atoms with E-state index in [1.807, 2.05) is 0 Å². The van der Waals surface area contributed by atoms with Crippen molar-refractivity contribution in [1.29, 1.82) is 0 Å². The Morgan fingerprint density at radius 2 is 2.04 bits per heavy atom. The normalized spacial score (nSPS) is 11.5. The van der Waals surface area contributed by atoms with Crippen LogP contribution >= 0.6 is 23.2 Å². The van der Waals surface area contributed by atoms with Gasteiger partial charge in [-0.3, -0.25) is 9.48 Å². The Kier molecular flexibility index (Phi) is 5.85. The molecule has 0 aliphatic heterocycles. The van der Waals surface area contributed by atoms with Gasteiger partial charge in [0.1, 0.15) is 29.7 Å². The second-order valence-corrected chi connectivity index (χ2v) is 6.39. The van der Waals surface area contributed by atoms with Crippen LogP contribution in [0.4, 0.5) is 18.9 Å². The molecule has 0 saturated heterocycles. The second kappa shape index (κ2) is 8.15. The Labute approximate surface area is 166 Å². The van der Waals surface area contributed by atoms with Gasteiger partial charge in [0, 0.05) is 6.20 Å². The van der Waals surface area contributed by atoms with Crippen molar-refractivity contribution < 1.29 is 27.1 Å². The summed E-state index contributed by atoms with van der Waals surface area (Å²) in [6, 6.07) is 7.85. The molecule has 0 spiro atoms. The molecule has 0 saturated carbocycles. The van der Waals surface area contributed by atoms with Gasteiger partial charge >= 0.3 is 6.18 Å². The molecule has 148 valence electrons. The summed E-state index contributed by atoms with van der Waals surface area (Å²) in [5, 5.41) is 6.54. The van der Waals surface area contributed by atoms with Gasteiger partial charge in [0.05, 0.1) is 16.9 Å². The number of aromatic nitrogens is 2. The maximum atomic E-state index is 12.3. The average Bonchev–Trinajstić information content (AvgIpc) is 3.24. The summed E-state index contributed by atoms with van der Waals surface area (Å²) in [4.78, 5) is 12.2. The number of amides is 1. The maximum Gasteiger partial charge on any atom is 0.408 e. The standard InChI is InChI=1S/C17H12Cl2F3N3O3/c18-12-2-1-3-13(15(12)19)27-8-11-4-5-14(28-11)16(26)24-10-6-23-25(7-10)9-17(20,21)22/h1-7H,8-9H2,(H,24,26). The summed E-state index contributed by atoms with van der Waals surface area (Å²) in [5.74, 6) is 0.0144. The summed E-state index contributed by atoms with van der Waals surface area (Å²) in [5.41, 5.74) is 0.106. The van der Waals surface area contributed by atoms with E-state index in [2.05, 4.69) is 10.4 Å². The lowest BCUT2D eigenvalue weighted by molar-refractivity contribution is -0.142. The van der Waals surface area contributed by atoms with Crippen LogP contribution in [0.3, 0.4) is 0 Å². The van der Waals surface area contributed by atoms with Crippen LogP contribution in [0.15, 0.2) is 47.1 Å². The van der Waals surface area contributed by atoms with Gasteiger partial charge in [0.2, 0.25) is 0 Å². The quantitative estimate of drug-likeness (QED) is 0.581. The molecule has 0 bridgehead atoms. The smallest absolute Gasteiger partial charge is 0.408 e. The lowest BCUT2D eigenvalue weighted by Gasteiger charge is -2.07. The molecule has 2 heterocycles. The summed E-state index contributed by atoms with van der Waals surface area (Å²) >= 11 is 11.9. The zero-order valence-electron chi connectivity index (χ0n) is 14.0. The summed E-state index contributed by atoms with van der Waals surface area (Å²) in [7, 11) is 0. The fourth-order valence-electron chi connectivity index (χ4n) is 2.21. The highest BCUT2D eigenvalue weighted by Gasteiger charge is 2.28. The first-order valence-corrected chi connectivity index (χ1v) is 8.53. The zero-order valence-corrected chi connectivity index (χ0v) is 15.5. The molecule has 28 heavy (non-hydrogen) atoms. The van der Waals surface area contributed by atoms with Crippen molar-refractivity contribution >= 4 is 34.8 Å². The second-order valence-electron chi connectivity index (χ2n) is 5.60. The van der Waals surface area contributed by atoms with Crippen LogP contribution in [-0.2, 0) is 13.2 Å². The van der Waals surface area contributed by atoms with Crippen molar-refractivity contribution in [2.24, 2.45) is 0 Å². The van der Waals surface area contributed by atoms with E-state index < -0.39 is 18.6 Å². The number of rotatable bonds is 6. The van der Waals surface area contributed by atoms with Crippen molar-refractivity contribution in [2.75, 3.05) is 5.32 Å². The number of alkyl halides is 3. The first-order chi connectivity index (χ1) is 13.2. The van der Waals surface area contributed by atoms with Crippen molar-refractivity contribution in [1.82, 2.24) is 9.78 Å². The summed E-state index contributed by atoms with van der Waals surface area (Å²) in [6.45, 7) is -1.26. The molecule has 3 rings (SSSR count). The Bertz CT molecular complexity index is 985. The number of halogens is 5. The number of benzene rings is 1. The number of ether oxygens (including phenoxy) is 1. The third kappa shape index (κ3) is 5.20. The molecule has 6 nitrogen and oxygen atoms in total. The van der Waals surface area contributed by atoms with E-state index in [1.165, 1.54) is 12.1 Å². The van der Waals surface area contributed by atoms with Crippen LogP contribution in [-0.4, -0.2) is 21.9 Å². The monoisotopic (exact) mass is 433 g/mol. The predicted octanol–water partition coefficient (Wildman–Crippen LogP) is 5.18. The van der Waals surface area contributed by atoms with Crippen LogP contribution < -0.4 is 10.1 Å². The van der Waals surface area contributed by atoms with Gasteiger partial charge in [0.25, 0.3) is 5.91 Å². The van der Waals surface area contributed by atoms with E-state index in [9.17, 15) is 18.0 Å². The highest BCUT2D eigenvalue weighted by atomic mass is 35.5. The van der Waals surface area contributed by atoms with Crippen LogP contribution in [0.2, 0.25) is 10.0 Å². The fourth-order valence-corrected chi connectivity index (χ4v) is 2.56. The molecular formula is C17H12Cl2F3N3O3. The van der Waals surface area contributed by atoms with Gasteiger partial charge in [-0.2, -0.15) is 18.3 Å². The van der Waals surface area contributed by atoms with Gasteiger partial charge in [-0.15, -0.1) is 0 Å². The van der Waals surface area contributed by atoms with Crippen LogP contribution in [0.5, 0.6) is 5.75 Å². The largest absolute Gasteiger partial charge is 0.484 e. The van der Waals surface area contributed by atoms with Gasteiger partial charge in [-0.25, -0.2) is 0 Å². The third-order valence-corrected chi connectivity index (χ3v) is 4.21. The van der Waals surface area contributed by atoms with E-state index in [1.54, 1.807) is 18.2 Å². The van der Waals surface area contributed by atoms with E-state index >= 15 is 0 Å². The molecular weight excluding hydrogens is 422 g/mol. The molecule has 0 fully saturated rings. The number of furan rings is 1. The highest BCUT2D eigenvalue weighted by molar-refractivity contribution is 6.42. The van der Waals surface area contributed by atoms with E-state index in [4.69, 9.17) is 32.4 Å². The molecule has 0 atom stereocenters. The Balaban J connectivity index is 1.59. The summed E-state index contributed by atoms with van der Waals surface area (Å²) < 4.78 is 48.5. The molecule has 2 aromatic heterocycles. The van der Waals surface area contributed by atoms with Gasteiger partial charge < -0.3 is 14.5 Å². The molecule has 0 aliphatic carbocycles. The lowest BCUT2D eigenvalue weighted by atomic mass is 10.3. The molecule has 1 N–H and O–H groups in total. The molecule has 0 unspecified atom stereocenters. The van der Waals surface area contributed by atoms with Crippen molar-refractivity contribution in [3.63, 3.8) is 0 Å². The number of nitrogens with one attached hydrogen (secondary N) is 1. The van der Waals surface area contributed by atoms with Crippen LogP contribution in [0.25, 0.3) is 0 Å².